The van der Waals surface area contributed by atoms with E-state index in [1.807, 2.05) is 11.0 Å². The van der Waals surface area contributed by atoms with Crippen LogP contribution in [0.25, 0.3) is 0 Å². The summed E-state index contributed by atoms with van der Waals surface area (Å²) in [4.78, 5) is 4.27. The monoisotopic (exact) mass is 165 g/mol. The van der Waals surface area contributed by atoms with Crippen molar-refractivity contribution in [2.45, 2.75) is 45.1 Å². The van der Waals surface area contributed by atoms with Crippen LogP contribution in [0, 0.1) is 0 Å². The number of hydrogen-bond donors (Lipinski definition) is 0. The summed E-state index contributed by atoms with van der Waals surface area (Å²) < 4.78 is 2.03. The van der Waals surface area contributed by atoms with Crippen LogP contribution in [0.2, 0.25) is 0 Å². The molecule has 1 aromatic heterocycles. The second-order valence-electron chi connectivity index (χ2n) is 3.82. The fourth-order valence-corrected chi connectivity index (χ4v) is 1.38. The van der Waals surface area contributed by atoms with Gasteiger partial charge in [0.1, 0.15) is 6.33 Å². The number of aromatic nitrogens is 3. The van der Waals surface area contributed by atoms with Crippen LogP contribution in [0.5, 0.6) is 0 Å². The van der Waals surface area contributed by atoms with Crippen LogP contribution in [-0.2, 0) is 0 Å². The van der Waals surface area contributed by atoms with Crippen molar-refractivity contribution in [3.05, 3.63) is 12.2 Å². The molecule has 66 valence electrons. The Morgan fingerprint density at radius 2 is 2.25 bits per heavy atom. The van der Waals surface area contributed by atoms with E-state index in [1.165, 1.54) is 19.3 Å². The quantitative estimate of drug-likeness (QED) is 0.672. The van der Waals surface area contributed by atoms with E-state index < -0.39 is 0 Å². The highest BCUT2D eigenvalue weighted by atomic mass is 15.3. The SMILES string of the molecule is CC(C)c1ncn(C2CCC2)n1. The van der Waals surface area contributed by atoms with Gasteiger partial charge in [-0.15, -0.1) is 0 Å². The lowest BCUT2D eigenvalue weighted by Gasteiger charge is -2.24. The third kappa shape index (κ3) is 1.24. The molecule has 3 heteroatoms. The molecular weight excluding hydrogens is 150 g/mol. The Morgan fingerprint density at radius 1 is 1.50 bits per heavy atom. The van der Waals surface area contributed by atoms with Crippen LogP contribution >= 0.6 is 0 Å². The van der Waals surface area contributed by atoms with E-state index in [2.05, 4.69) is 23.9 Å². The summed E-state index contributed by atoms with van der Waals surface area (Å²) in [6.45, 7) is 4.25. The largest absolute Gasteiger partial charge is 0.250 e. The van der Waals surface area contributed by atoms with Crippen molar-refractivity contribution >= 4 is 0 Å². The maximum absolute atomic E-state index is 4.44. The van der Waals surface area contributed by atoms with Crippen LogP contribution in [0.15, 0.2) is 6.33 Å². The Hall–Kier alpha value is -0.860. The van der Waals surface area contributed by atoms with Crippen LogP contribution in [-0.4, -0.2) is 14.8 Å². The van der Waals surface area contributed by atoms with Gasteiger partial charge >= 0.3 is 0 Å². The molecule has 3 nitrogen and oxygen atoms in total. The van der Waals surface area contributed by atoms with Gasteiger partial charge < -0.3 is 0 Å². The fourth-order valence-electron chi connectivity index (χ4n) is 1.38. The average Bonchev–Trinajstić information content (AvgIpc) is 2.32. The molecule has 0 N–H and O–H groups in total. The van der Waals surface area contributed by atoms with Gasteiger partial charge in [0.05, 0.1) is 6.04 Å². The smallest absolute Gasteiger partial charge is 0.153 e. The van der Waals surface area contributed by atoms with Crippen molar-refractivity contribution in [2.24, 2.45) is 0 Å². The Balaban J connectivity index is 2.12. The molecule has 0 bridgehead atoms. The summed E-state index contributed by atoms with van der Waals surface area (Å²) in [5, 5.41) is 4.44. The molecule has 12 heavy (non-hydrogen) atoms. The summed E-state index contributed by atoms with van der Waals surface area (Å²) >= 11 is 0. The van der Waals surface area contributed by atoms with Crippen molar-refractivity contribution in [3.63, 3.8) is 0 Å². The van der Waals surface area contributed by atoms with E-state index in [-0.39, 0.29) is 0 Å². The normalized spacial score (nSPS) is 18.2. The van der Waals surface area contributed by atoms with E-state index in [0.717, 1.165) is 5.82 Å². The van der Waals surface area contributed by atoms with Gasteiger partial charge in [0, 0.05) is 5.92 Å². The van der Waals surface area contributed by atoms with Crippen LogP contribution in [0.1, 0.15) is 50.9 Å². The van der Waals surface area contributed by atoms with E-state index in [4.69, 9.17) is 0 Å². The molecule has 1 aromatic rings. The minimum Gasteiger partial charge on any atom is -0.250 e. The van der Waals surface area contributed by atoms with E-state index in [9.17, 15) is 0 Å². The summed E-state index contributed by atoms with van der Waals surface area (Å²) in [5.74, 6) is 1.42. The van der Waals surface area contributed by atoms with Gasteiger partial charge in [0.15, 0.2) is 5.82 Å². The third-order valence-corrected chi connectivity index (χ3v) is 2.49. The van der Waals surface area contributed by atoms with Crippen molar-refractivity contribution < 1.29 is 0 Å². The number of nitrogens with zero attached hydrogens (tertiary/aromatic N) is 3. The Kier molecular flexibility index (Phi) is 1.87. The molecular formula is C9H15N3. The van der Waals surface area contributed by atoms with E-state index >= 15 is 0 Å². The lowest BCUT2D eigenvalue weighted by molar-refractivity contribution is 0.287. The molecule has 2 rings (SSSR count). The van der Waals surface area contributed by atoms with Gasteiger partial charge in [-0.2, -0.15) is 5.10 Å². The minimum atomic E-state index is 0.450. The van der Waals surface area contributed by atoms with E-state index in [1.54, 1.807) is 0 Å². The van der Waals surface area contributed by atoms with Crippen LogP contribution in [0.4, 0.5) is 0 Å². The number of hydrogen-bond acceptors (Lipinski definition) is 2. The lowest BCUT2D eigenvalue weighted by Crippen LogP contribution is -2.17. The molecule has 1 saturated carbocycles. The first-order chi connectivity index (χ1) is 5.77. The maximum atomic E-state index is 4.44. The zero-order chi connectivity index (χ0) is 8.55. The van der Waals surface area contributed by atoms with Crippen LogP contribution in [0.3, 0.4) is 0 Å². The highest BCUT2D eigenvalue weighted by Gasteiger charge is 2.20. The first-order valence-electron chi connectivity index (χ1n) is 4.68. The predicted octanol–water partition coefficient (Wildman–Crippen LogP) is 2.13. The zero-order valence-corrected chi connectivity index (χ0v) is 7.70. The molecule has 0 spiro atoms. The second-order valence-corrected chi connectivity index (χ2v) is 3.82. The maximum Gasteiger partial charge on any atom is 0.153 e. The topological polar surface area (TPSA) is 30.7 Å². The molecule has 1 heterocycles. The summed E-state index contributed by atoms with van der Waals surface area (Å²) in [5.41, 5.74) is 0. The first-order valence-corrected chi connectivity index (χ1v) is 4.68. The Labute approximate surface area is 72.8 Å². The van der Waals surface area contributed by atoms with Crippen molar-refractivity contribution in [3.8, 4) is 0 Å². The molecule has 1 aliphatic carbocycles. The molecule has 0 atom stereocenters. The molecule has 0 radical (unpaired) electrons. The average molecular weight is 165 g/mol. The van der Waals surface area contributed by atoms with Crippen molar-refractivity contribution in [1.29, 1.82) is 0 Å². The standard InChI is InChI=1S/C9H15N3/c1-7(2)9-10-6-12(11-9)8-4-3-5-8/h6-8H,3-5H2,1-2H3. The summed E-state index contributed by atoms with van der Waals surface area (Å²) in [6.07, 6.45) is 5.78. The number of rotatable bonds is 2. The molecule has 1 aliphatic rings. The fraction of sp³-hybridized carbons (Fsp3) is 0.778. The van der Waals surface area contributed by atoms with Crippen molar-refractivity contribution in [2.75, 3.05) is 0 Å². The molecule has 0 saturated heterocycles. The van der Waals surface area contributed by atoms with Gasteiger partial charge in [-0.1, -0.05) is 13.8 Å². The van der Waals surface area contributed by atoms with Gasteiger partial charge in [-0.25, -0.2) is 9.67 Å². The lowest BCUT2D eigenvalue weighted by atomic mass is 9.94. The highest BCUT2D eigenvalue weighted by Crippen LogP contribution is 2.30. The summed E-state index contributed by atoms with van der Waals surface area (Å²) in [7, 11) is 0. The van der Waals surface area contributed by atoms with Gasteiger partial charge in [0.25, 0.3) is 0 Å². The molecule has 0 amide bonds. The highest BCUT2D eigenvalue weighted by molar-refractivity contribution is 4.90. The molecule has 0 aromatic carbocycles. The first kappa shape index (κ1) is 7.77. The molecule has 1 fully saturated rings. The Bertz CT molecular complexity index is 260. The predicted molar refractivity (Wildman–Crippen MR) is 47.0 cm³/mol. The third-order valence-electron chi connectivity index (χ3n) is 2.49. The minimum absolute atomic E-state index is 0.450. The zero-order valence-electron chi connectivity index (χ0n) is 7.70. The van der Waals surface area contributed by atoms with Gasteiger partial charge in [-0.05, 0) is 19.3 Å². The second kappa shape index (κ2) is 2.88. The Morgan fingerprint density at radius 3 is 2.67 bits per heavy atom. The van der Waals surface area contributed by atoms with Crippen molar-refractivity contribution in [1.82, 2.24) is 14.8 Å². The van der Waals surface area contributed by atoms with Crippen LogP contribution < -0.4 is 0 Å². The van der Waals surface area contributed by atoms with Gasteiger partial charge in [0.2, 0.25) is 0 Å². The molecule has 0 unspecified atom stereocenters. The molecule has 0 aliphatic heterocycles. The van der Waals surface area contributed by atoms with E-state index in [0.29, 0.717) is 12.0 Å². The summed E-state index contributed by atoms with van der Waals surface area (Å²) in [6, 6.07) is 0.644. The van der Waals surface area contributed by atoms with Gasteiger partial charge in [-0.3, -0.25) is 0 Å².